The Kier molecular flexibility index (Phi) is 5.03. The fourth-order valence-corrected chi connectivity index (χ4v) is 3.63. The minimum absolute atomic E-state index is 0.0200. The molecular formula is C17H15BrN2O2S. The van der Waals surface area contributed by atoms with E-state index in [1.165, 1.54) is 0 Å². The molecule has 1 aliphatic rings. The summed E-state index contributed by atoms with van der Waals surface area (Å²) in [6.45, 7) is 0.0203. The van der Waals surface area contributed by atoms with E-state index in [0.29, 0.717) is 12.1 Å². The first-order chi connectivity index (χ1) is 11.1. The van der Waals surface area contributed by atoms with Crippen molar-refractivity contribution in [1.29, 1.82) is 0 Å². The van der Waals surface area contributed by atoms with Crippen molar-refractivity contribution >= 4 is 50.9 Å². The molecule has 2 amide bonds. The molecule has 4 nitrogen and oxygen atoms in total. The number of hydrogen-bond donors (Lipinski definition) is 1. The van der Waals surface area contributed by atoms with Crippen molar-refractivity contribution in [3.63, 3.8) is 0 Å². The number of nitrogens with zero attached hydrogens (tertiary/aromatic N) is 1. The molecule has 0 aromatic heterocycles. The van der Waals surface area contributed by atoms with E-state index in [1.54, 1.807) is 16.7 Å². The van der Waals surface area contributed by atoms with Gasteiger partial charge in [0, 0.05) is 27.2 Å². The van der Waals surface area contributed by atoms with Gasteiger partial charge in [-0.05, 0) is 36.4 Å². The fourth-order valence-electron chi connectivity index (χ4n) is 2.37. The number of halogens is 1. The maximum atomic E-state index is 12.3. The SMILES string of the molecule is O=C(CN1C(=O)CCSc2ccccc21)Nc1ccc(Br)cc1. The van der Waals surface area contributed by atoms with Crippen LogP contribution in [-0.4, -0.2) is 24.1 Å². The van der Waals surface area contributed by atoms with Crippen LogP contribution >= 0.6 is 27.7 Å². The summed E-state index contributed by atoms with van der Waals surface area (Å²) in [5, 5.41) is 2.83. The molecule has 0 fully saturated rings. The van der Waals surface area contributed by atoms with E-state index in [4.69, 9.17) is 0 Å². The Morgan fingerprint density at radius 2 is 1.91 bits per heavy atom. The van der Waals surface area contributed by atoms with Gasteiger partial charge in [-0.1, -0.05) is 28.1 Å². The Balaban J connectivity index is 1.76. The molecule has 0 saturated carbocycles. The number of carbonyl (C=O) groups excluding carboxylic acids is 2. The molecular weight excluding hydrogens is 376 g/mol. The summed E-state index contributed by atoms with van der Waals surface area (Å²) in [4.78, 5) is 27.3. The van der Waals surface area contributed by atoms with Crippen LogP contribution in [0.4, 0.5) is 11.4 Å². The predicted molar refractivity (Wildman–Crippen MR) is 96.9 cm³/mol. The molecule has 2 aromatic carbocycles. The lowest BCUT2D eigenvalue weighted by atomic mass is 10.2. The second kappa shape index (κ2) is 7.19. The molecule has 0 radical (unpaired) electrons. The van der Waals surface area contributed by atoms with Crippen molar-refractivity contribution in [2.24, 2.45) is 0 Å². The summed E-state index contributed by atoms with van der Waals surface area (Å²) in [6, 6.07) is 15.1. The minimum atomic E-state index is -0.206. The van der Waals surface area contributed by atoms with E-state index in [0.717, 1.165) is 20.8 Å². The monoisotopic (exact) mass is 390 g/mol. The van der Waals surface area contributed by atoms with Crippen molar-refractivity contribution in [2.45, 2.75) is 11.3 Å². The first kappa shape index (κ1) is 16.1. The van der Waals surface area contributed by atoms with Crippen molar-refractivity contribution < 1.29 is 9.59 Å². The largest absolute Gasteiger partial charge is 0.325 e. The van der Waals surface area contributed by atoms with Crippen LogP contribution < -0.4 is 10.2 Å². The number of nitrogens with one attached hydrogen (secondary N) is 1. The Labute approximate surface area is 147 Å². The highest BCUT2D eigenvalue weighted by molar-refractivity contribution is 9.10. The van der Waals surface area contributed by atoms with Crippen molar-refractivity contribution in [3.8, 4) is 0 Å². The van der Waals surface area contributed by atoms with E-state index in [1.807, 2.05) is 48.5 Å². The molecule has 3 rings (SSSR count). The summed E-state index contributed by atoms with van der Waals surface area (Å²) < 4.78 is 0.948. The molecule has 6 heteroatoms. The molecule has 118 valence electrons. The molecule has 0 aliphatic carbocycles. The molecule has 0 atom stereocenters. The van der Waals surface area contributed by atoms with Crippen LogP contribution in [-0.2, 0) is 9.59 Å². The van der Waals surface area contributed by atoms with Crippen molar-refractivity contribution in [2.75, 3.05) is 22.5 Å². The summed E-state index contributed by atoms with van der Waals surface area (Å²) >= 11 is 5.01. The fraction of sp³-hybridized carbons (Fsp3) is 0.176. The van der Waals surface area contributed by atoms with Crippen LogP contribution in [0.3, 0.4) is 0 Å². The van der Waals surface area contributed by atoms with Gasteiger partial charge in [0.25, 0.3) is 0 Å². The van der Waals surface area contributed by atoms with Crippen molar-refractivity contribution in [1.82, 2.24) is 0 Å². The third-order valence-electron chi connectivity index (χ3n) is 3.46. The number of para-hydroxylation sites is 1. The third kappa shape index (κ3) is 3.95. The quantitative estimate of drug-likeness (QED) is 0.863. The minimum Gasteiger partial charge on any atom is -0.325 e. The second-order valence-electron chi connectivity index (χ2n) is 5.10. The normalized spacial score (nSPS) is 14.1. The first-order valence-corrected chi connectivity index (χ1v) is 8.99. The van der Waals surface area contributed by atoms with Crippen LogP contribution in [0.1, 0.15) is 6.42 Å². The molecule has 1 heterocycles. The van der Waals surface area contributed by atoms with Gasteiger partial charge in [0.1, 0.15) is 6.54 Å². The lowest BCUT2D eigenvalue weighted by Gasteiger charge is -2.22. The Morgan fingerprint density at radius 3 is 2.70 bits per heavy atom. The summed E-state index contributed by atoms with van der Waals surface area (Å²) in [6.07, 6.45) is 0.435. The van der Waals surface area contributed by atoms with E-state index in [2.05, 4.69) is 21.2 Å². The van der Waals surface area contributed by atoms with Gasteiger partial charge in [-0.2, -0.15) is 0 Å². The smallest absolute Gasteiger partial charge is 0.244 e. The van der Waals surface area contributed by atoms with Crippen LogP contribution in [0.5, 0.6) is 0 Å². The van der Waals surface area contributed by atoms with Gasteiger partial charge in [0.05, 0.1) is 5.69 Å². The van der Waals surface area contributed by atoms with E-state index >= 15 is 0 Å². The van der Waals surface area contributed by atoms with Gasteiger partial charge >= 0.3 is 0 Å². The number of carbonyl (C=O) groups is 2. The maximum absolute atomic E-state index is 12.3. The number of hydrogen-bond acceptors (Lipinski definition) is 3. The molecule has 0 unspecified atom stereocenters. The van der Waals surface area contributed by atoms with Crippen molar-refractivity contribution in [3.05, 3.63) is 53.0 Å². The van der Waals surface area contributed by atoms with Gasteiger partial charge in [-0.15, -0.1) is 11.8 Å². The topological polar surface area (TPSA) is 49.4 Å². The van der Waals surface area contributed by atoms with Gasteiger partial charge < -0.3 is 10.2 Å². The molecule has 0 bridgehead atoms. The Morgan fingerprint density at radius 1 is 1.17 bits per heavy atom. The zero-order chi connectivity index (χ0) is 16.2. The average Bonchev–Trinajstić information content (AvgIpc) is 2.70. The number of anilines is 2. The lowest BCUT2D eigenvalue weighted by Crippen LogP contribution is -2.37. The first-order valence-electron chi connectivity index (χ1n) is 7.21. The summed E-state index contributed by atoms with van der Waals surface area (Å²) in [5.74, 6) is 0.511. The number of rotatable bonds is 3. The lowest BCUT2D eigenvalue weighted by molar-refractivity contribution is -0.121. The van der Waals surface area contributed by atoms with Crippen LogP contribution in [0.25, 0.3) is 0 Å². The molecule has 0 saturated heterocycles. The molecule has 1 aliphatic heterocycles. The van der Waals surface area contributed by atoms with Crippen LogP contribution in [0.2, 0.25) is 0 Å². The molecule has 1 N–H and O–H groups in total. The van der Waals surface area contributed by atoms with Gasteiger partial charge in [0.2, 0.25) is 11.8 Å². The van der Waals surface area contributed by atoms with Gasteiger partial charge in [-0.25, -0.2) is 0 Å². The van der Waals surface area contributed by atoms with Gasteiger partial charge in [0.15, 0.2) is 0 Å². The number of amides is 2. The van der Waals surface area contributed by atoms with E-state index in [-0.39, 0.29) is 18.4 Å². The van der Waals surface area contributed by atoms with Gasteiger partial charge in [-0.3, -0.25) is 9.59 Å². The zero-order valence-corrected chi connectivity index (χ0v) is 14.7. The zero-order valence-electron chi connectivity index (χ0n) is 12.3. The Hall–Kier alpha value is -1.79. The predicted octanol–water partition coefficient (Wildman–Crippen LogP) is 3.92. The van der Waals surface area contributed by atoms with E-state index < -0.39 is 0 Å². The van der Waals surface area contributed by atoms with Crippen LogP contribution in [0, 0.1) is 0 Å². The second-order valence-corrected chi connectivity index (χ2v) is 7.15. The molecule has 23 heavy (non-hydrogen) atoms. The standard InChI is InChI=1S/C17H15BrN2O2S/c18-12-5-7-13(8-6-12)19-16(21)11-20-14-3-1-2-4-15(14)23-10-9-17(20)22/h1-8H,9-11H2,(H,19,21). The average molecular weight is 391 g/mol. The number of fused-ring (bicyclic) bond motifs is 1. The maximum Gasteiger partial charge on any atom is 0.244 e. The Bertz CT molecular complexity index is 734. The summed E-state index contributed by atoms with van der Waals surface area (Å²) in [5.41, 5.74) is 1.52. The molecule has 2 aromatic rings. The summed E-state index contributed by atoms with van der Waals surface area (Å²) in [7, 11) is 0. The van der Waals surface area contributed by atoms with Crippen LogP contribution in [0.15, 0.2) is 57.9 Å². The third-order valence-corrected chi connectivity index (χ3v) is 5.05. The number of thioether (sulfide) groups is 1. The number of benzene rings is 2. The highest BCUT2D eigenvalue weighted by Gasteiger charge is 2.24. The van der Waals surface area contributed by atoms with E-state index in [9.17, 15) is 9.59 Å². The highest BCUT2D eigenvalue weighted by atomic mass is 79.9. The highest BCUT2D eigenvalue weighted by Crippen LogP contribution is 2.33. The molecule has 0 spiro atoms.